The van der Waals surface area contributed by atoms with Gasteiger partial charge in [-0.15, -0.1) is 0 Å². The van der Waals surface area contributed by atoms with Gasteiger partial charge in [0.25, 0.3) is 0 Å². The Morgan fingerprint density at radius 2 is 1.97 bits per heavy atom. The van der Waals surface area contributed by atoms with Crippen LogP contribution in [-0.4, -0.2) is 18.2 Å². The van der Waals surface area contributed by atoms with E-state index in [1.54, 1.807) is 36.5 Å². The predicted octanol–water partition coefficient (Wildman–Crippen LogP) is 5.51. The van der Waals surface area contributed by atoms with Gasteiger partial charge in [0.2, 0.25) is 0 Å². The van der Waals surface area contributed by atoms with E-state index in [9.17, 15) is 4.39 Å². The first-order valence-electron chi connectivity index (χ1n) is 9.78. The number of aromatic nitrogens is 1. The van der Waals surface area contributed by atoms with Crippen LogP contribution >= 0.6 is 0 Å². The molecule has 0 aliphatic heterocycles. The Bertz CT molecular complexity index is 1070. The van der Waals surface area contributed by atoms with Gasteiger partial charge >= 0.3 is 0 Å². The van der Waals surface area contributed by atoms with E-state index >= 15 is 0 Å². The van der Waals surface area contributed by atoms with Crippen molar-refractivity contribution < 1.29 is 4.39 Å². The minimum absolute atomic E-state index is 0.323. The summed E-state index contributed by atoms with van der Waals surface area (Å²) in [6, 6.07) is 16.0. The van der Waals surface area contributed by atoms with Gasteiger partial charge in [0.05, 0.1) is 24.0 Å². The fourth-order valence-electron chi connectivity index (χ4n) is 2.98. The van der Waals surface area contributed by atoms with Gasteiger partial charge in [-0.05, 0) is 48.4 Å². The SMILES string of the molecule is C=Cc1cnc(Nc2ccc(-c3cccc(C#N)c3)cc2F)cc1NCNCCC. The molecule has 3 N–H and O–H groups in total. The van der Waals surface area contributed by atoms with Gasteiger partial charge in [0, 0.05) is 23.5 Å². The minimum atomic E-state index is -0.399. The maximum Gasteiger partial charge on any atom is 0.147 e. The monoisotopic (exact) mass is 401 g/mol. The van der Waals surface area contributed by atoms with Crippen molar-refractivity contribution in [2.45, 2.75) is 13.3 Å². The number of nitriles is 1. The Kier molecular flexibility index (Phi) is 7.14. The van der Waals surface area contributed by atoms with E-state index in [0.29, 0.717) is 29.3 Å². The molecule has 0 spiro atoms. The molecule has 0 saturated heterocycles. The predicted molar refractivity (Wildman–Crippen MR) is 121 cm³/mol. The van der Waals surface area contributed by atoms with Crippen molar-refractivity contribution in [1.29, 1.82) is 5.26 Å². The van der Waals surface area contributed by atoms with Crippen LogP contribution in [0.3, 0.4) is 0 Å². The van der Waals surface area contributed by atoms with Crippen LogP contribution in [0.15, 0.2) is 61.3 Å². The zero-order valence-corrected chi connectivity index (χ0v) is 16.9. The van der Waals surface area contributed by atoms with Gasteiger partial charge in [-0.1, -0.05) is 37.8 Å². The van der Waals surface area contributed by atoms with Crippen molar-refractivity contribution in [3.05, 3.63) is 78.3 Å². The molecule has 0 bridgehead atoms. The van der Waals surface area contributed by atoms with Crippen LogP contribution in [0.25, 0.3) is 17.2 Å². The standard InChI is InChI=1S/C24H24FN5/c1-3-10-27-16-29-23-13-24(28-15-18(23)4-2)30-22-9-8-20(12-21(22)25)19-7-5-6-17(11-19)14-26/h4-9,11-13,15,27H,2-3,10,16H2,1H3,(H2,28,29,30). The Hall–Kier alpha value is -3.69. The lowest BCUT2D eigenvalue weighted by Gasteiger charge is -2.14. The zero-order valence-electron chi connectivity index (χ0n) is 16.9. The molecule has 152 valence electrons. The highest BCUT2D eigenvalue weighted by Crippen LogP contribution is 2.28. The summed E-state index contributed by atoms with van der Waals surface area (Å²) < 4.78 is 14.7. The molecule has 1 heterocycles. The number of halogens is 1. The molecule has 30 heavy (non-hydrogen) atoms. The van der Waals surface area contributed by atoms with Crippen LogP contribution in [0.2, 0.25) is 0 Å². The molecule has 1 aromatic heterocycles. The summed E-state index contributed by atoms with van der Waals surface area (Å²) in [7, 11) is 0. The molecule has 0 unspecified atom stereocenters. The number of hydrogen-bond acceptors (Lipinski definition) is 5. The van der Waals surface area contributed by atoms with Gasteiger partial charge in [-0.25, -0.2) is 9.37 Å². The number of benzene rings is 2. The lowest BCUT2D eigenvalue weighted by atomic mass is 10.0. The smallest absolute Gasteiger partial charge is 0.147 e. The third kappa shape index (κ3) is 5.22. The van der Waals surface area contributed by atoms with Crippen LogP contribution in [0, 0.1) is 17.1 Å². The van der Waals surface area contributed by atoms with Crippen LogP contribution in [0.5, 0.6) is 0 Å². The highest BCUT2D eigenvalue weighted by Gasteiger charge is 2.09. The minimum Gasteiger partial charge on any atom is -0.372 e. The van der Waals surface area contributed by atoms with E-state index in [0.717, 1.165) is 29.8 Å². The largest absolute Gasteiger partial charge is 0.372 e. The third-order valence-electron chi connectivity index (χ3n) is 4.54. The van der Waals surface area contributed by atoms with Gasteiger partial charge < -0.3 is 16.0 Å². The topological polar surface area (TPSA) is 72.8 Å². The number of rotatable bonds is 9. The lowest BCUT2D eigenvalue weighted by Crippen LogP contribution is -2.22. The summed E-state index contributed by atoms with van der Waals surface area (Å²) >= 11 is 0. The van der Waals surface area contributed by atoms with E-state index in [1.165, 1.54) is 6.07 Å². The second kappa shape index (κ2) is 10.2. The lowest BCUT2D eigenvalue weighted by molar-refractivity contribution is 0.632. The summed E-state index contributed by atoms with van der Waals surface area (Å²) in [5, 5.41) is 18.7. The second-order valence-corrected chi connectivity index (χ2v) is 6.73. The maximum atomic E-state index is 14.7. The number of anilines is 3. The Morgan fingerprint density at radius 1 is 1.13 bits per heavy atom. The summed E-state index contributed by atoms with van der Waals surface area (Å²) in [5.41, 5.74) is 4.08. The van der Waals surface area contributed by atoms with E-state index in [-0.39, 0.29) is 0 Å². The normalized spacial score (nSPS) is 10.3. The molecule has 3 rings (SSSR count). The van der Waals surface area contributed by atoms with Crippen molar-refractivity contribution in [3.8, 4) is 17.2 Å². The molecule has 2 aromatic carbocycles. The van der Waals surface area contributed by atoms with Gasteiger partial charge in [0.1, 0.15) is 11.6 Å². The van der Waals surface area contributed by atoms with E-state index < -0.39 is 5.82 Å². The van der Waals surface area contributed by atoms with E-state index in [4.69, 9.17) is 5.26 Å². The van der Waals surface area contributed by atoms with E-state index in [1.807, 2.05) is 18.2 Å². The average Bonchev–Trinajstić information content (AvgIpc) is 2.78. The fraction of sp³-hybridized carbons (Fsp3) is 0.167. The number of nitrogens with one attached hydrogen (secondary N) is 3. The summed E-state index contributed by atoms with van der Waals surface area (Å²) in [5.74, 6) is 0.125. The fourth-order valence-corrected chi connectivity index (χ4v) is 2.98. The summed E-state index contributed by atoms with van der Waals surface area (Å²) in [6.07, 6.45) is 4.47. The Balaban J connectivity index is 1.78. The molecule has 0 atom stereocenters. The number of pyridine rings is 1. The van der Waals surface area contributed by atoms with Crippen LogP contribution in [0.1, 0.15) is 24.5 Å². The molecule has 6 heteroatoms. The van der Waals surface area contributed by atoms with Crippen molar-refractivity contribution in [2.75, 3.05) is 23.8 Å². The Morgan fingerprint density at radius 3 is 2.70 bits per heavy atom. The molecule has 0 amide bonds. The molecular weight excluding hydrogens is 377 g/mol. The molecule has 0 fully saturated rings. The molecule has 0 saturated carbocycles. The van der Waals surface area contributed by atoms with Gasteiger partial charge in [-0.3, -0.25) is 0 Å². The highest BCUT2D eigenvalue weighted by atomic mass is 19.1. The van der Waals surface area contributed by atoms with Crippen molar-refractivity contribution in [2.24, 2.45) is 0 Å². The first-order chi connectivity index (χ1) is 14.6. The Labute approximate surface area is 176 Å². The van der Waals surface area contributed by atoms with Crippen molar-refractivity contribution in [3.63, 3.8) is 0 Å². The van der Waals surface area contributed by atoms with Crippen LogP contribution < -0.4 is 16.0 Å². The van der Waals surface area contributed by atoms with Crippen LogP contribution in [0.4, 0.5) is 21.6 Å². The van der Waals surface area contributed by atoms with E-state index in [2.05, 4.69) is 40.5 Å². The molecule has 3 aromatic rings. The molecule has 5 nitrogen and oxygen atoms in total. The summed E-state index contributed by atoms with van der Waals surface area (Å²) in [6.45, 7) is 7.45. The molecule has 0 radical (unpaired) electrons. The zero-order chi connectivity index (χ0) is 21.3. The van der Waals surface area contributed by atoms with Gasteiger partial charge in [0.15, 0.2) is 0 Å². The van der Waals surface area contributed by atoms with Crippen molar-refractivity contribution >= 4 is 23.3 Å². The third-order valence-corrected chi connectivity index (χ3v) is 4.54. The average molecular weight is 401 g/mol. The quantitative estimate of drug-likeness (QED) is 0.325. The molecule has 0 aliphatic carbocycles. The first-order valence-corrected chi connectivity index (χ1v) is 9.78. The maximum absolute atomic E-state index is 14.7. The first kappa shape index (κ1) is 21.0. The molecular formula is C24H24FN5. The van der Waals surface area contributed by atoms with Crippen molar-refractivity contribution in [1.82, 2.24) is 10.3 Å². The van der Waals surface area contributed by atoms with Gasteiger partial charge in [-0.2, -0.15) is 5.26 Å². The summed E-state index contributed by atoms with van der Waals surface area (Å²) in [4.78, 5) is 4.35. The van der Waals surface area contributed by atoms with Crippen LogP contribution in [-0.2, 0) is 0 Å². The molecule has 0 aliphatic rings. The highest BCUT2D eigenvalue weighted by molar-refractivity contribution is 5.72. The number of hydrogen-bond donors (Lipinski definition) is 3. The second-order valence-electron chi connectivity index (χ2n) is 6.73. The number of nitrogens with zero attached hydrogens (tertiary/aromatic N) is 2.